The van der Waals surface area contributed by atoms with E-state index >= 15 is 0 Å². The lowest BCUT2D eigenvalue weighted by Gasteiger charge is -2.31. The molecule has 3 atom stereocenters. The summed E-state index contributed by atoms with van der Waals surface area (Å²) in [5.41, 5.74) is 1.22. The molecule has 3 nitrogen and oxygen atoms in total. The molecule has 0 spiro atoms. The van der Waals surface area contributed by atoms with Gasteiger partial charge in [-0.05, 0) is 50.2 Å². The van der Waals surface area contributed by atoms with Crippen LogP contribution in [-0.2, 0) is 11.2 Å². The van der Waals surface area contributed by atoms with Crippen molar-refractivity contribution >= 4 is 34.2 Å². The molecule has 2 heterocycles. The smallest absolute Gasteiger partial charge is 0.223 e. The average molecular weight is 402 g/mol. The van der Waals surface area contributed by atoms with Crippen LogP contribution in [0.5, 0.6) is 0 Å². The number of piperidine rings is 1. The van der Waals surface area contributed by atoms with Gasteiger partial charge in [-0.1, -0.05) is 41.1 Å². The highest BCUT2D eigenvalue weighted by molar-refractivity contribution is 9.10. The van der Waals surface area contributed by atoms with Gasteiger partial charge in [0.2, 0.25) is 5.91 Å². The number of nitrogens with one attached hydrogen (secondary N) is 2. The van der Waals surface area contributed by atoms with Crippen LogP contribution in [0.1, 0.15) is 44.6 Å². The van der Waals surface area contributed by atoms with Gasteiger partial charge >= 0.3 is 0 Å². The monoisotopic (exact) mass is 400 g/mol. The number of carbonyl (C=O) groups excluding carboxylic acids is 1. The molecule has 3 unspecified atom stereocenters. The molecule has 5 heteroatoms. The molecule has 1 aromatic rings. The minimum Gasteiger partial charge on any atom is -0.353 e. The Balaban J connectivity index is 0.00000192. The number of hydrogen-bond acceptors (Lipinski definition) is 2. The summed E-state index contributed by atoms with van der Waals surface area (Å²) >= 11 is 3.59. The van der Waals surface area contributed by atoms with Crippen LogP contribution in [0.3, 0.4) is 0 Å². The van der Waals surface area contributed by atoms with Crippen molar-refractivity contribution in [2.45, 2.75) is 63.6 Å². The van der Waals surface area contributed by atoms with Crippen molar-refractivity contribution in [1.82, 2.24) is 10.6 Å². The maximum Gasteiger partial charge on any atom is 0.223 e. The van der Waals surface area contributed by atoms with E-state index in [0.29, 0.717) is 18.1 Å². The molecule has 0 radical (unpaired) electrons. The van der Waals surface area contributed by atoms with Gasteiger partial charge in [0.1, 0.15) is 0 Å². The summed E-state index contributed by atoms with van der Waals surface area (Å²) < 4.78 is 1.10. The number of rotatable bonds is 5. The topological polar surface area (TPSA) is 41.1 Å². The zero-order valence-electron chi connectivity index (χ0n) is 13.6. The molecule has 2 bridgehead atoms. The summed E-state index contributed by atoms with van der Waals surface area (Å²) in [5, 5.41) is 6.94. The summed E-state index contributed by atoms with van der Waals surface area (Å²) in [6, 6.07) is 9.79. The van der Waals surface area contributed by atoms with Crippen molar-refractivity contribution in [3.8, 4) is 0 Å². The molecule has 128 valence electrons. The fourth-order valence-corrected chi connectivity index (χ4v) is 4.29. The average Bonchev–Trinajstić information content (AvgIpc) is 2.85. The van der Waals surface area contributed by atoms with Crippen molar-refractivity contribution in [3.05, 3.63) is 34.3 Å². The van der Waals surface area contributed by atoms with Crippen LogP contribution < -0.4 is 10.6 Å². The molecule has 2 fully saturated rings. The Morgan fingerprint density at radius 1 is 1.30 bits per heavy atom. The minimum absolute atomic E-state index is 0. The standard InChI is InChI=1S/C18H25BrN2O.ClH/c1-2-12(9-13-5-3-4-6-17(13)19)18(22)21-16-10-14-7-8-15(11-16)20-14;/h3-6,12,14-16,20H,2,7-11H2,1H3,(H,21,22);1H. The molecular weight excluding hydrogens is 376 g/mol. The van der Waals surface area contributed by atoms with Crippen LogP contribution in [-0.4, -0.2) is 24.0 Å². The quantitative estimate of drug-likeness (QED) is 0.787. The van der Waals surface area contributed by atoms with Gasteiger partial charge in [0.25, 0.3) is 0 Å². The van der Waals surface area contributed by atoms with Gasteiger partial charge in [-0.25, -0.2) is 0 Å². The second-order valence-electron chi connectivity index (χ2n) is 6.72. The summed E-state index contributed by atoms with van der Waals surface area (Å²) in [4.78, 5) is 12.6. The van der Waals surface area contributed by atoms with Crippen LogP contribution in [0.4, 0.5) is 0 Å². The van der Waals surface area contributed by atoms with E-state index in [1.807, 2.05) is 18.2 Å². The molecule has 23 heavy (non-hydrogen) atoms. The number of fused-ring (bicyclic) bond motifs is 2. The van der Waals surface area contributed by atoms with Crippen LogP contribution in [0.2, 0.25) is 0 Å². The fourth-order valence-electron chi connectivity index (χ4n) is 3.85. The normalized spacial score (nSPS) is 27.1. The molecule has 2 aliphatic heterocycles. The first-order valence-corrected chi connectivity index (χ1v) is 9.24. The van der Waals surface area contributed by atoms with Crippen molar-refractivity contribution in [3.63, 3.8) is 0 Å². The van der Waals surface area contributed by atoms with Crippen LogP contribution >= 0.6 is 28.3 Å². The summed E-state index contributed by atoms with van der Waals surface area (Å²) in [6.07, 6.45) is 6.41. The van der Waals surface area contributed by atoms with E-state index in [2.05, 4.69) is 39.6 Å². The zero-order chi connectivity index (χ0) is 15.5. The van der Waals surface area contributed by atoms with Gasteiger partial charge in [-0.2, -0.15) is 0 Å². The van der Waals surface area contributed by atoms with Crippen molar-refractivity contribution in [1.29, 1.82) is 0 Å². The van der Waals surface area contributed by atoms with E-state index in [-0.39, 0.29) is 24.2 Å². The van der Waals surface area contributed by atoms with Gasteiger partial charge in [-0.15, -0.1) is 12.4 Å². The first-order chi connectivity index (χ1) is 10.7. The summed E-state index contributed by atoms with van der Waals surface area (Å²) in [7, 11) is 0. The van der Waals surface area contributed by atoms with E-state index in [9.17, 15) is 4.79 Å². The van der Waals surface area contributed by atoms with Gasteiger partial charge < -0.3 is 10.6 Å². The Kier molecular flexibility index (Phi) is 6.93. The van der Waals surface area contributed by atoms with E-state index < -0.39 is 0 Å². The highest BCUT2D eigenvalue weighted by Gasteiger charge is 2.34. The van der Waals surface area contributed by atoms with Crippen LogP contribution in [0.15, 0.2) is 28.7 Å². The molecule has 1 amide bonds. The van der Waals surface area contributed by atoms with Gasteiger partial charge in [-0.3, -0.25) is 4.79 Å². The van der Waals surface area contributed by atoms with Crippen LogP contribution in [0.25, 0.3) is 0 Å². The van der Waals surface area contributed by atoms with Crippen LogP contribution in [0, 0.1) is 5.92 Å². The summed E-state index contributed by atoms with van der Waals surface area (Å²) in [5.74, 6) is 0.288. The first kappa shape index (κ1) is 18.8. The second kappa shape index (κ2) is 8.50. The number of hydrogen-bond donors (Lipinski definition) is 2. The van der Waals surface area contributed by atoms with Crippen molar-refractivity contribution in [2.24, 2.45) is 5.92 Å². The third-order valence-electron chi connectivity index (χ3n) is 5.11. The van der Waals surface area contributed by atoms with Crippen molar-refractivity contribution in [2.75, 3.05) is 0 Å². The van der Waals surface area contributed by atoms with E-state index in [1.54, 1.807) is 0 Å². The predicted octanol–water partition coefficient (Wildman–Crippen LogP) is 3.84. The van der Waals surface area contributed by atoms with E-state index in [4.69, 9.17) is 0 Å². The third kappa shape index (κ3) is 4.71. The molecule has 2 N–H and O–H groups in total. The Labute approximate surface area is 153 Å². The lowest BCUT2D eigenvalue weighted by Crippen LogP contribution is -2.49. The highest BCUT2D eigenvalue weighted by atomic mass is 79.9. The first-order valence-electron chi connectivity index (χ1n) is 8.45. The number of amides is 1. The molecule has 0 aliphatic carbocycles. The Morgan fingerprint density at radius 2 is 1.96 bits per heavy atom. The molecule has 2 saturated heterocycles. The molecule has 0 aromatic heterocycles. The Morgan fingerprint density at radius 3 is 2.57 bits per heavy atom. The molecule has 0 saturated carbocycles. The SMILES string of the molecule is CCC(Cc1ccccc1Br)C(=O)NC1CC2CCC(C1)N2.Cl. The van der Waals surface area contributed by atoms with E-state index in [0.717, 1.165) is 30.2 Å². The fraction of sp³-hybridized carbons (Fsp3) is 0.611. The zero-order valence-corrected chi connectivity index (χ0v) is 16.0. The van der Waals surface area contributed by atoms with Gasteiger partial charge in [0, 0.05) is 28.5 Å². The highest BCUT2D eigenvalue weighted by Crippen LogP contribution is 2.27. The maximum atomic E-state index is 12.6. The largest absolute Gasteiger partial charge is 0.353 e. The lowest BCUT2D eigenvalue weighted by atomic mass is 9.94. The van der Waals surface area contributed by atoms with Gasteiger partial charge in [0.15, 0.2) is 0 Å². The Hall–Kier alpha value is -0.580. The molecule has 2 aliphatic rings. The third-order valence-corrected chi connectivity index (χ3v) is 5.88. The predicted molar refractivity (Wildman–Crippen MR) is 100.0 cm³/mol. The number of carbonyl (C=O) groups is 1. The molecular formula is C18H26BrClN2O. The summed E-state index contributed by atoms with van der Waals surface area (Å²) in [6.45, 7) is 2.10. The number of benzene rings is 1. The Bertz CT molecular complexity index is 528. The second-order valence-corrected chi connectivity index (χ2v) is 7.57. The van der Waals surface area contributed by atoms with Crippen molar-refractivity contribution < 1.29 is 4.79 Å². The lowest BCUT2D eigenvalue weighted by molar-refractivity contribution is -0.126. The molecule has 3 rings (SSSR count). The van der Waals surface area contributed by atoms with E-state index in [1.165, 1.54) is 18.4 Å². The number of halogens is 2. The maximum absolute atomic E-state index is 12.6. The van der Waals surface area contributed by atoms with Gasteiger partial charge in [0.05, 0.1) is 0 Å². The molecule has 1 aromatic carbocycles. The minimum atomic E-state index is 0.